The molecular weight excluding hydrogens is 318 g/mol. The summed E-state index contributed by atoms with van der Waals surface area (Å²) >= 11 is 1.68. The van der Waals surface area contributed by atoms with Crippen molar-refractivity contribution < 1.29 is 9.53 Å². The number of benzene rings is 2. The first-order chi connectivity index (χ1) is 11.6. The van der Waals surface area contributed by atoms with Crippen LogP contribution in [0.1, 0.15) is 42.6 Å². The van der Waals surface area contributed by atoms with Crippen LogP contribution in [0.3, 0.4) is 0 Å². The lowest BCUT2D eigenvalue weighted by Gasteiger charge is -2.14. The molecule has 0 saturated heterocycles. The highest BCUT2D eigenvalue weighted by molar-refractivity contribution is 7.99. The molecule has 0 aliphatic rings. The van der Waals surface area contributed by atoms with Crippen molar-refractivity contribution >= 4 is 17.7 Å². The molecule has 4 heteroatoms. The van der Waals surface area contributed by atoms with Crippen LogP contribution in [0.2, 0.25) is 0 Å². The normalized spacial score (nSPS) is 10.7. The number of thioether (sulfide) groups is 1. The van der Waals surface area contributed by atoms with Gasteiger partial charge in [-0.3, -0.25) is 4.79 Å². The summed E-state index contributed by atoms with van der Waals surface area (Å²) in [5, 5.41) is 2.94. The van der Waals surface area contributed by atoms with Gasteiger partial charge in [0.05, 0.1) is 12.1 Å². The molecule has 0 bridgehead atoms. The van der Waals surface area contributed by atoms with E-state index in [1.54, 1.807) is 11.8 Å². The van der Waals surface area contributed by atoms with Crippen molar-refractivity contribution in [3.8, 4) is 5.75 Å². The van der Waals surface area contributed by atoms with Crippen molar-refractivity contribution in [3.63, 3.8) is 0 Å². The van der Waals surface area contributed by atoms with E-state index < -0.39 is 0 Å². The second-order valence-electron chi connectivity index (χ2n) is 5.73. The molecule has 0 saturated carbocycles. The maximum atomic E-state index is 12.3. The number of nitrogens with one attached hydrogen (secondary N) is 1. The molecular formula is C20H25NO2S. The molecule has 0 spiro atoms. The number of rotatable bonds is 8. The smallest absolute Gasteiger partial charge is 0.252 e. The predicted octanol–water partition coefficient (Wildman–Crippen LogP) is 4.73. The molecule has 1 N–H and O–H groups in total. The number of hydrogen-bond donors (Lipinski definition) is 1. The molecule has 0 aliphatic heterocycles. The molecule has 0 fully saturated rings. The van der Waals surface area contributed by atoms with Crippen LogP contribution in [0.5, 0.6) is 5.75 Å². The van der Waals surface area contributed by atoms with Gasteiger partial charge in [0.1, 0.15) is 12.4 Å². The van der Waals surface area contributed by atoms with Crippen LogP contribution >= 0.6 is 11.8 Å². The lowest BCUT2D eigenvalue weighted by molar-refractivity contribution is 0.0944. The average molecular weight is 343 g/mol. The summed E-state index contributed by atoms with van der Waals surface area (Å²) in [6.45, 7) is 7.31. The van der Waals surface area contributed by atoms with Crippen LogP contribution in [0.25, 0.3) is 0 Å². The van der Waals surface area contributed by atoms with E-state index in [9.17, 15) is 4.79 Å². The summed E-state index contributed by atoms with van der Waals surface area (Å²) in [6, 6.07) is 15.7. The minimum absolute atomic E-state index is 0.0488. The van der Waals surface area contributed by atoms with Crippen molar-refractivity contribution in [2.45, 2.75) is 31.6 Å². The molecule has 24 heavy (non-hydrogen) atoms. The summed E-state index contributed by atoms with van der Waals surface area (Å²) in [7, 11) is 0. The molecule has 0 aromatic heterocycles. The van der Waals surface area contributed by atoms with Crippen molar-refractivity contribution in [3.05, 3.63) is 59.7 Å². The van der Waals surface area contributed by atoms with E-state index in [0.29, 0.717) is 19.1 Å². The standard InChI is InChI=1S/C20H25NO2S/c1-4-24-19-12-8-6-10-17(19)20(22)21-13-14-23-18-11-7-5-9-16(18)15(2)3/h5-12,15H,4,13-14H2,1-3H3,(H,21,22). The zero-order chi connectivity index (χ0) is 17.4. The van der Waals surface area contributed by atoms with Gasteiger partial charge in [0.2, 0.25) is 0 Å². The van der Waals surface area contributed by atoms with Crippen LogP contribution in [0.15, 0.2) is 53.4 Å². The zero-order valence-corrected chi connectivity index (χ0v) is 15.4. The highest BCUT2D eigenvalue weighted by Crippen LogP contribution is 2.25. The molecule has 128 valence electrons. The number of ether oxygens (including phenoxy) is 1. The first-order valence-corrected chi connectivity index (χ1v) is 9.33. The molecule has 0 atom stereocenters. The lowest BCUT2D eigenvalue weighted by Crippen LogP contribution is -2.28. The van der Waals surface area contributed by atoms with Gasteiger partial charge in [0.25, 0.3) is 5.91 Å². The number of carbonyl (C=O) groups is 1. The predicted molar refractivity (Wildman–Crippen MR) is 101 cm³/mol. The number of carbonyl (C=O) groups excluding carboxylic acids is 1. The van der Waals surface area contributed by atoms with Gasteiger partial charge in [-0.15, -0.1) is 11.8 Å². The molecule has 0 aliphatic carbocycles. The number of amides is 1. The van der Waals surface area contributed by atoms with Crippen LogP contribution in [-0.4, -0.2) is 24.8 Å². The molecule has 0 heterocycles. The van der Waals surface area contributed by atoms with Gasteiger partial charge in [0, 0.05) is 4.90 Å². The molecule has 0 radical (unpaired) electrons. The minimum atomic E-state index is -0.0488. The summed E-state index contributed by atoms with van der Waals surface area (Å²) < 4.78 is 5.84. The van der Waals surface area contributed by atoms with Crippen LogP contribution in [-0.2, 0) is 0 Å². The van der Waals surface area contributed by atoms with Gasteiger partial charge in [-0.2, -0.15) is 0 Å². The van der Waals surface area contributed by atoms with Gasteiger partial charge < -0.3 is 10.1 Å². The number of para-hydroxylation sites is 1. The van der Waals surface area contributed by atoms with Crippen molar-refractivity contribution in [2.24, 2.45) is 0 Å². The fraction of sp³-hybridized carbons (Fsp3) is 0.350. The van der Waals surface area contributed by atoms with E-state index >= 15 is 0 Å². The van der Waals surface area contributed by atoms with Gasteiger partial charge in [-0.05, 0) is 35.4 Å². The third-order valence-electron chi connectivity index (χ3n) is 3.62. The van der Waals surface area contributed by atoms with E-state index in [1.165, 1.54) is 5.56 Å². The fourth-order valence-electron chi connectivity index (χ4n) is 2.45. The Balaban J connectivity index is 1.88. The Morgan fingerprint density at radius 3 is 2.58 bits per heavy atom. The van der Waals surface area contributed by atoms with Crippen LogP contribution < -0.4 is 10.1 Å². The van der Waals surface area contributed by atoms with E-state index in [2.05, 4.69) is 32.2 Å². The average Bonchev–Trinajstić information content (AvgIpc) is 2.59. The van der Waals surface area contributed by atoms with E-state index in [4.69, 9.17) is 4.74 Å². The summed E-state index contributed by atoms with van der Waals surface area (Å²) in [5.41, 5.74) is 1.92. The summed E-state index contributed by atoms with van der Waals surface area (Å²) in [5.74, 6) is 2.20. The Bertz CT molecular complexity index is 670. The van der Waals surface area contributed by atoms with Gasteiger partial charge in [-0.25, -0.2) is 0 Å². The third-order valence-corrected chi connectivity index (χ3v) is 4.57. The quantitative estimate of drug-likeness (QED) is 0.556. The molecule has 1 amide bonds. The molecule has 2 rings (SSSR count). The zero-order valence-electron chi connectivity index (χ0n) is 14.5. The van der Waals surface area contributed by atoms with Gasteiger partial charge in [0.15, 0.2) is 0 Å². The maximum absolute atomic E-state index is 12.3. The van der Waals surface area contributed by atoms with Gasteiger partial charge >= 0.3 is 0 Å². The highest BCUT2D eigenvalue weighted by atomic mass is 32.2. The van der Waals surface area contributed by atoms with Crippen molar-refractivity contribution in [1.82, 2.24) is 5.32 Å². The minimum Gasteiger partial charge on any atom is -0.491 e. The summed E-state index contributed by atoms with van der Waals surface area (Å²) in [6.07, 6.45) is 0. The molecule has 2 aromatic rings. The first-order valence-electron chi connectivity index (χ1n) is 8.35. The van der Waals surface area contributed by atoms with Gasteiger partial charge in [-0.1, -0.05) is 51.1 Å². The Morgan fingerprint density at radius 1 is 1.12 bits per heavy atom. The van der Waals surface area contributed by atoms with Crippen molar-refractivity contribution in [2.75, 3.05) is 18.9 Å². The Morgan fingerprint density at radius 2 is 1.83 bits per heavy atom. The summed E-state index contributed by atoms with van der Waals surface area (Å²) in [4.78, 5) is 13.4. The topological polar surface area (TPSA) is 38.3 Å². The number of hydrogen-bond acceptors (Lipinski definition) is 3. The van der Waals surface area contributed by atoms with E-state index in [-0.39, 0.29) is 5.91 Å². The van der Waals surface area contributed by atoms with E-state index in [0.717, 1.165) is 22.0 Å². The Hall–Kier alpha value is -1.94. The SMILES string of the molecule is CCSc1ccccc1C(=O)NCCOc1ccccc1C(C)C. The molecule has 0 unspecified atom stereocenters. The highest BCUT2D eigenvalue weighted by Gasteiger charge is 2.11. The first kappa shape index (κ1) is 18.4. The second-order valence-corrected chi connectivity index (χ2v) is 7.03. The second kappa shape index (κ2) is 9.38. The Labute approximate surface area is 148 Å². The third kappa shape index (κ3) is 5.03. The largest absolute Gasteiger partial charge is 0.491 e. The van der Waals surface area contributed by atoms with Crippen LogP contribution in [0, 0.1) is 0 Å². The maximum Gasteiger partial charge on any atom is 0.252 e. The van der Waals surface area contributed by atoms with E-state index in [1.807, 2.05) is 42.5 Å². The lowest BCUT2D eigenvalue weighted by atomic mass is 10.0. The molecule has 2 aromatic carbocycles. The monoisotopic (exact) mass is 343 g/mol. The molecule has 3 nitrogen and oxygen atoms in total. The van der Waals surface area contributed by atoms with Crippen LogP contribution in [0.4, 0.5) is 0 Å². The Kier molecular flexibility index (Phi) is 7.19. The van der Waals surface area contributed by atoms with Crippen molar-refractivity contribution in [1.29, 1.82) is 0 Å². The fourth-order valence-corrected chi connectivity index (χ4v) is 3.25.